The minimum atomic E-state index is -0.607. The standard InChI is InChI=1S/C77H52N2S/c1-6-24-53(25-7-1)55-28-22-36-61(46-55)78(60-34-14-5-15-35-60)64-48-57(49-65(50-64)79(62-37-23-29-56(47-62)54-26-8-2-9-27-54)63-44-45-75-71(51-63)67-39-19-21-43-74(67)80-75)70-52-73-76(68-40-17-16-38-66(68)70)69-41-18-20-42-72(69)77(73,58-30-10-3-11-31-58)59-32-12-4-13-33-59/h1-52H. The van der Waals surface area contributed by atoms with E-state index in [4.69, 9.17) is 0 Å². The van der Waals surface area contributed by atoms with E-state index in [0.717, 1.165) is 56.4 Å². The van der Waals surface area contributed by atoms with Crippen LogP contribution >= 0.6 is 11.3 Å². The maximum Gasteiger partial charge on any atom is 0.0714 e. The topological polar surface area (TPSA) is 6.48 Å². The maximum absolute atomic E-state index is 2.55. The molecule has 0 N–H and O–H groups in total. The van der Waals surface area contributed by atoms with E-state index < -0.39 is 5.41 Å². The van der Waals surface area contributed by atoms with Crippen LogP contribution in [-0.2, 0) is 5.41 Å². The van der Waals surface area contributed by atoms with Crippen LogP contribution < -0.4 is 9.80 Å². The van der Waals surface area contributed by atoms with Gasteiger partial charge in [0.1, 0.15) is 0 Å². The molecular formula is C77H52N2S. The summed E-state index contributed by atoms with van der Waals surface area (Å²) in [5.74, 6) is 0. The molecule has 0 atom stereocenters. The lowest BCUT2D eigenvalue weighted by molar-refractivity contribution is 0.769. The number of nitrogens with zero attached hydrogens (tertiary/aromatic N) is 2. The van der Waals surface area contributed by atoms with E-state index in [1.807, 2.05) is 11.3 Å². The van der Waals surface area contributed by atoms with Gasteiger partial charge in [0.25, 0.3) is 0 Å². The van der Waals surface area contributed by atoms with Gasteiger partial charge < -0.3 is 9.80 Å². The highest BCUT2D eigenvalue weighted by Gasteiger charge is 2.47. The molecule has 0 spiro atoms. The first-order valence-electron chi connectivity index (χ1n) is 27.5. The van der Waals surface area contributed by atoms with Crippen molar-refractivity contribution in [1.82, 2.24) is 0 Å². The van der Waals surface area contributed by atoms with Crippen LogP contribution in [0, 0.1) is 0 Å². The molecule has 15 rings (SSSR count). The first-order chi connectivity index (χ1) is 39.7. The molecule has 13 aromatic carbocycles. The van der Waals surface area contributed by atoms with Gasteiger partial charge in [0.15, 0.2) is 0 Å². The van der Waals surface area contributed by atoms with E-state index in [1.54, 1.807) is 0 Å². The molecule has 0 bridgehead atoms. The lowest BCUT2D eigenvalue weighted by Crippen LogP contribution is -2.28. The number of para-hydroxylation sites is 1. The second-order valence-electron chi connectivity index (χ2n) is 20.8. The summed E-state index contributed by atoms with van der Waals surface area (Å²) in [5, 5.41) is 4.93. The van der Waals surface area contributed by atoms with Gasteiger partial charge in [-0.1, -0.05) is 231 Å². The van der Waals surface area contributed by atoms with Gasteiger partial charge in [0.05, 0.1) is 5.41 Å². The molecule has 1 aliphatic carbocycles. The average Bonchev–Trinajstić information content (AvgIpc) is 4.28. The second kappa shape index (κ2) is 19.7. The highest BCUT2D eigenvalue weighted by molar-refractivity contribution is 7.25. The Bertz CT molecular complexity index is 4550. The molecule has 14 aromatic rings. The van der Waals surface area contributed by atoms with E-state index in [-0.39, 0.29) is 0 Å². The van der Waals surface area contributed by atoms with Crippen molar-refractivity contribution in [2.24, 2.45) is 0 Å². The van der Waals surface area contributed by atoms with E-state index in [0.29, 0.717) is 0 Å². The number of benzene rings is 13. The Balaban J connectivity index is 1.06. The van der Waals surface area contributed by atoms with Crippen LogP contribution in [0.3, 0.4) is 0 Å². The van der Waals surface area contributed by atoms with Gasteiger partial charge >= 0.3 is 0 Å². The molecule has 0 amide bonds. The number of thiophene rings is 1. The summed E-state index contributed by atoms with van der Waals surface area (Å²) in [5.41, 5.74) is 20.2. The van der Waals surface area contributed by atoms with Crippen molar-refractivity contribution in [2.45, 2.75) is 5.41 Å². The zero-order valence-electron chi connectivity index (χ0n) is 43.8. The number of fused-ring (bicyclic) bond motifs is 8. The van der Waals surface area contributed by atoms with Crippen molar-refractivity contribution in [2.75, 3.05) is 9.80 Å². The van der Waals surface area contributed by atoms with Crippen molar-refractivity contribution in [3.8, 4) is 44.5 Å². The van der Waals surface area contributed by atoms with Crippen molar-refractivity contribution < 1.29 is 0 Å². The van der Waals surface area contributed by atoms with E-state index in [2.05, 4.69) is 325 Å². The second-order valence-corrected chi connectivity index (χ2v) is 21.9. The van der Waals surface area contributed by atoms with Gasteiger partial charge in [-0.05, 0) is 162 Å². The quantitative estimate of drug-likeness (QED) is 0.127. The summed E-state index contributed by atoms with van der Waals surface area (Å²) in [6.45, 7) is 0. The third kappa shape index (κ3) is 7.93. The van der Waals surface area contributed by atoms with Crippen molar-refractivity contribution in [3.63, 3.8) is 0 Å². The Labute approximate surface area is 471 Å². The molecule has 1 aliphatic rings. The van der Waals surface area contributed by atoms with Crippen molar-refractivity contribution in [1.29, 1.82) is 0 Å². The first-order valence-corrected chi connectivity index (χ1v) is 28.3. The molecule has 1 aromatic heterocycles. The lowest BCUT2D eigenvalue weighted by Gasteiger charge is -2.34. The maximum atomic E-state index is 2.55. The van der Waals surface area contributed by atoms with Crippen LogP contribution in [0.5, 0.6) is 0 Å². The molecule has 0 saturated carbocycles. The van der Waals surface area contributed by atoms with E-state index in [9.17, 15) is 0 Å². The van der Waals surface area contributed by atoms with Gasteiger partial charge in [-0.3, -0.25) is 0 Å². The zero-order valence-corrected chi connectivity index (χ0v) is 44.6. The third-order valence-corrected chi connectivity index (χ3v) is 17.4. The summed E-state index contributed by atoms with van der Waals surface area (Å²) in [6.07, 6.45) is 0. The van der Waals surface area contributed by atoms with E-state index >= 15 is 0 Å². The van der Waals surface area contributed by atoms with Crippen LogP contribution in [0.1, 0.15) is 22.3 Å². The molecule has 0 radical (unpaired) electrons. The smallest absolute Gasteiger partial charge is 0.0714 e. The zero-order chi connectivity index (χ0) is 53.0. The molecule has 0 fully saturated rings. The Morgan fingerprint density at radius 1 is 0.237 bits per heavy atom. The molecule has 0 aliphatic heterocycles. The molecule has 80 heavy (non-hydrogen) atoms. The predicted octanol–water partition coefficient (Wildman–Crippen LogP) is 21.5. The summed E-state index contributed by atoms with van der Waals surface area (Å²) >= 11 is 1.85. The lowest BCUT2D eigenvalue weighted by atomic mass is 9.67. The highest BCUT2D eigenvalue weighted by atomic mass is 32.1. The average molecular weight is 1040 g/mol. The van der Waals surface area contributed by atoms with Gasteiger partial charge in [-0.2, -0.15) is 0 Å². The Kier molecular flexibility index (Phi) is 11.6. The van der Waals surface area contributed by atoms with Crippen LogP contribution in [0.25, 0.3) is 75.5 Å². The monoisotopic (exact) mass is 1040 g/mol. The highest BCUT2D eigenvalue weighted by Crippen LogP contribution is 2.59. The largest absolute Gasteiger partial charge is 0.310 e. The Morgan fingerprint density at radius 3 is 1.31 bits per heavy atom. The van der Waals surface area contributed by atoms with E-state index in [1.165, 1.54) is 75.5 Å². The van der Waals surface area contributed by atoms with Crippen LogP contribution in [-0.4, -0.2) is 0 Å². The third-order valence-electron chi connectivity index (χ3n) is 16.2. The molecular weight excluding hydrogens is 985 g/mol. The molecule has 3 heteroatoms. The predicted molar refractivity (Wildman–Crippen MR) is 340 cm³/mol. The van der Waals surface area contributed by atoms with Crippen molar-refractivity contribution in [3.05, 3.63) is 338 Å². The number of anilines is 6. The minimum absolute atomic E-state index is 0.607. The molecule has 1 heterocycles. The SMILES string of the molecule is c1ccc(-c2cccc(N(c3ccccc3)c3cc(-c4cc5c(c6ccccc46)-c4ccccc4C5(c4ccccc4)c4ccccc4)cc(N(c4cccc(-c5ccccc5)c4)c4ccc5sc6ccccc6c5c4)c3)c2)cc1. The fraction of sp³-hybridized carbons (Fsp3) is 0.0130. The van der Waals surface area contributed by atoms with Gasteiger partial charge in [0, 0.05) is 54.3 Å². The van der Waals surface area contributed by atoms with Gasteiger partial charge in [-0.25, -0.2) is 0 Å². The molecule has 2 nitrogen and oxygen atoms in total. The summed E-state index contributed by atoms with van der Waals surface area (Å²) in [7, 11) is 0. The summed E-state index contributed by atoms with van der Waals surface area (Å²) < 4.78 is 2.55. The van der Waals surface area contributed by atoms with Crippen LogP contribution in [0.2, 0.25) is 0 Å². The fourth-order valence-electron chi connectivity index (χ4n) is 12.8. The normalized spacial score (nSPS) is 12.3. The Morgan fingerprint density at radius 2 is 0.688 bits per heavy atom. The molecule has 0 saturated heterocycles. The summed E-state index contributed by atoms with van der Waals surface area (Å²) in [4.78, 5) is 4.93. The van der Waals surface area contributed by atoms with Crippen LogP contribution in [0.4, 0.5) is 34.1 Å². The van der Waals surface area contributed by atoms with Gasteiger partial charge in [-0.15, -0.1) is 11.3 Å². The van der Waals surface area contributed by atoms with Gasteiger partial charge in [0.2, 0.25) is 0 Å². The first kappa shape index (κ1) is 47.2. The molecule has 0 unspecified atom stereocenters. The van der Waals surface area contributed by atoms with Crippen LogP contribution in [0.15, 0.2) is 315 Å². The fourth-order valence-corrected chi connectivity index (χ4v) is 13.9. The number of rotatable bonds is 11. The minimum Gasteiger partial charge on any atom is -0.310 e. The summed E-state index contributed by atoms with van der Waals surface area (Å²) in [6, 6.07) is 117. The van der Waals surface area contributed by atoms with Crippen molar-refractivity contribution >= 4 is 76.4 Å². The Hall–Kier alpha value is -10.1. The molecule has 376 valence electrons. The number of hydrogen-bond donors (Lipinski definition) is 0. The number of hydrogen-bond acceptors (Lipinski definition) is 3.